The maximum absolute atomic E-state index is 12.1. The minimum absolute atomic E-state index is 0. The van der Waals surface area contributed by atoms with Crippen molar-refractivity contribution in [3.05, 3.63) is 52.8 Å². The number of hydrogen-bond acceptors (Lipinski definition) is 4. The summed E-state index contributed by atoms with van der Waals surface area (Å²) in [5.41, 5.74) is 3.93. The maximum atomic E-state index is 12.1. The van der Waals surface area contributed by atoms with Gasteiger partial charge < -0.3 is 20.3 Å². The van der Waals surface area contributed by atoms with Crippen LogP contribution in [-0.2, 0) is 24.4 Å². The molecule has 2 aromatic rings. The second-order valence-electron chi connectivity index (χ2n) is 9.01. The Morgan fingerprint density at radius 1 is 1.15 bits per heavy atom. The van der Waals surface area contributed by atoms with Crippen molar-refractivity contribution < 1.29 is 9.53 Å². The lowest BCUT2D eigenvalue weighted by molar-refractivity contribution is 0.0285. The van der Waals surface area contributed by atoms with E-state index in [1.165, 1.54) is 5.69 Å². The molecule has 1 amide bonds. The number of aromatic nitrogens is 2. The zero-order valence-corrected chi connectivity index (χ0v) is 23.3. The highest BCUT2D eigenvalue weighted by Crippen LogP contribution is 2.12. The number of hydrogen-bond donors (Lipinski definition) is 2. The first-order valence-corrected chi connectivity index (χ1v) is 11.0. The van der Waals surface area contributed by atoms with E-state index < -0.39 is 5.60 Å². The molecular formula is C24H39IN6O2. The first-order valence-electron chi connectivity index (χ1n) is 11.0. The third-order valence-corrected chi connectivity index (χ3v) is 4.77. The molecule has 2 N–H and O–H groups in total. The van der Waals surface area contributed by atoms with E-state index in [0.717, 1.165) is 42.3 Å². The molecule has 1 heterocycles. The number of carbonyl (C=O) groups excluding carboxylic acids is 1. The molecule has 0 aliphatic carbocycles. The molecule has 0 unspecified atom stereocenters. The van der Waals surface area contributed by atoms with Crippen LogP contribution in [0.1, 0.15) is 49.7 Å². The van der Waals surface area contributed by atoms with Crippen molar-refractivity contribution in [1.82, 2.24) is 25.3 Å². The van der Waals surface area contributed by atoms with Crippen molar-refractivity contribution in [3.63, 3.8) is 0 Å². The van der Waals surface area contributed by atoms with Crippen molar-refractivity contribution in [2.75, 3.05) is 20.6 Å². The van der Waals surface area contributed by atoms with Crippen LogP contribution >= 0.6 is 24.0 Å². The zero-order valence-electron chi connectivity index (χ0n) is 20.9. The summed E-state index contributed by atoms with van der Waals surface area (Å²) in [7, 11) is 3.51. The highest BCUT2D eigenvalue weighted by atomic mass is 127. The maximum Gasteiger partial charge on any atom is 0.410 e. The van der Waals surface area contributed by atoms with Crippen LogP contribution in [0.2, 0.25) is 0 Å². The van der Waals surface area contributed by atoms with Gasteiger partial charge >= 0.3 is 6.09 Å². The molecule has 0 saturated carbocycles. The van der Waals surface area contributed by atoms with Gasteiger partial charge in [0.25, 0.3) is 0 Å². The van der Waals surface area contributed by atoms with Crippen molar-refractivity contribution in [3.8, 4) is 0 Å². The Kier molecular flexibility index (Phi) is 11.7. The molecular weight excluding hydrogens is 531 g/mol. The van der Waals surface area contributed by atoms with Crippen molar-refractivity contribution in [2.24, 2.45) is 4.99 Å². The molecule has 2 rings (SSSR count). The monoisotopic (exact) mass is 570 g/mol. The highest BCUT2D eigenvalue weighted by Gasteiger charge is 2.19. The van der Waals surface area contributed by atoms with E-state index in [2.05, 4.69) is 45.8 Å². The normalized spacial score (nSPS) is 11.5. The molecule has 0 saturated heterocycles. The Morgan fingerprint density at radius 3 is 2.33 bits per heavy atom. The summed E-state index contributed by atoms with van der Waals surface area (Å²) in [6.07, 6.45) is 0.638. The predicted molar refractivity (Wildman–Crippen MR) is 144 cm³/mol. The quantitative estimate of drug-likeness (QED) is 0.215. The predicted octanol–water partition coefficient (Wildman–Crippen LogP) is 4.24. The third kappa shape index (κ3) is 10.4. The third-order valence-electron chi connectivity index (χ3n) is 4.77. The van der Waals surface area contributed by atoms with E-state index in [1.807, 2.05) is 44.5 Å². The van der Waals surface area contributed by atoms with Gasteiger partial charge in [-0.3, -0.25) is 9.67 Å². The van der Waals surface area contributed by atoms with Crippen LogP contribution in [-0.4, -0.2) is 53.0 Å². The molecule has 0 spiro atoms. The van der Waals surface area contributed by atoms with Gasteiger partial charge in [0.15, 0.2) is 5.96 Å². The van der Waals surface area contributed by atoms with Crippen LogP contribution in [0.15, 0.2) is 35.3 Å². The SMILES string of the molecule is CN=C(NCCCn1nc(C)cc1C)NCc1ccc(CN(C)C(=O)OC(C)(C)C)cc1.I. The number of guanidine groups is 1. The van der Waals surface area contributed by atoms with Gasteiger partial charge in [-0.05, 0) is 58.2 Å². The van der Waals surface area contributed by atoms with Crippen molar-refractivity contribution >= 4 is 36.0 Å². The lowest BCUT2D eigenvalue weighted by Crippen LogP contribution is -2.37. The standard InChI is InChI=1S/C24H38N6O2.HI/c1-18-15-19(2)30(28-18)14-8-13-26-22(25-6)27-16-20-9-11-21(12-10-20)17-29(7)23(31)32-24(3,4)5;/h9-12,15H,8,13-14,16-17H2,1-7H3,(H2,25,26,27);1H. The van der Waals surface area contributed by atoms with E-state index in [1.54, 1.807) is 19.0 Å². The molecule has 0 aliphatic rings. The number of halogens is 1. The minimum atomic E-state index is -0.495. The summed E-state index contributed by atoms with van der Waals surface area (Å²) in [6.45, 7) is 12.5. The molecule has 184 valence electrons. The van der Waals surface area contributed by atoms with Gasteiger partial charge in [0.1, 0.15) is 5.60 Å². The number of nitrogens with zero attached hydrogens (tertiary/aromatic N) is 4. The van der Waals surface area contributed by atoms with E-state index in [-0.39, 0.29) is 30.1 Å². The zero-order chi connectivity index (χ0) is 23.7. The number of nitrogens with one attached hydrogen (secondary N) is 2. The Balaban J connectivity index is 0.00000544. The Hall–Kier alpha value is -2.30. The minimum Gasteiger partial charge on any atom is -0.444 e. The van der Waals surface area contributed by atoms with Crippen LogP contribution in [0, 0.1) is 13.8 Å². The summed E-state index contributed by atoms with van der Waals surface area (Å²) < 4.78 is 7.43. The highest BCUT2D eigenvalue weighted by molar-refractivity contribution is 14.0. The smallest absolute Gasteiger partial charge is 0.410 e. The number of rotatable bonds is 8. The fraction of sp³-hybridized carbons (Fsp3) is 0.542. The van der Waals surface area contributed by atoms with Crippen LogP contribution in [0.4, 0.5) is 4.79 Å². The lowest BCUT2D eigenvalue weighted by Gasteiger charge is -2.24. The van der Waals surface area contributed by atoms with Crippen molar-refractivity contribution in [2.45, 2.75) is 66.3 Å². The topological polar surface area (TPSA) is 83.8 Å². The summed E-state index contributed by atoms with van der Waals surface area (Å²) in [5, 5.41) is 11.2. The first-order chi connectivity index (χ1) is 15.1. The fourth-order valence-electron chi connectivity index (χ4n) is 3.18. The van der Waals surface area contributed by atoms with E-state index in [4.69, 9.17) is 4.74 Å². The summed E-state index contributed by atoms with van der Waals surface area (Å²) in [5.74, 6) is 0.770. The molecule has 8 nitrogen and oxygen atoms in total. The molecule has 1 aromatic heterocycles. The Bertz CT molecular complexity index is 903. The number of aliphatic imine (C=N–C) groups is 1. The lowest BCUT2D eigenvalue weighted by atomic mass is 10.1. The van der Waals surface area contributed by atoms with Gasteiger partial charge in [0.05, 0.1) is 5.69 Å². The van der Waals surface area contributed by atoms with Gasteiger partial charge in [-0.1, -0.05) is 24.3 Å². The molecule has 0 aliphatic heterocycles. The number of aryl methyl sites for hydroxylation is 3. The Morgan fingerprint density at radius 2 is 1.79 bits per heavy atom. The number of benzene rings is 1. The number of ether oxygens (including phenoxy) is 1. The van der Waals surface area contributed by atoms with Gasteiger partial charge in [-0.15, -0.1) is 24.0 Å². The molecule has 0 bridgehead atoms. The average Bonchev–Trinajstić information content (AvgIpc) is 3.04. The van der Waals surface area contributed by atoms with E-state index in [9.17, 15) is 4.79 Å². The van der Waals surface area contributed by atoms with E-state index in [0.29, 0.717) is 13.1 Å². The van der Waals surface area contributed by atoms with Crippen LogP contribution < -0.4 is 10.6 Å². The summed E-state index contributed by atoms with van der Waals surface area (Å²) in [4.78, 5) is 18.0. The summed E-state index contributed by atoms with van der Waals surface area (Å²) in [6, 6.07) is 10.3. The largest absolute Gasteiger partial charge is 0.444 e. The molecule has 33 heavy (non-hydrogen) atoms. The average molecular weight is 571 g/mol. The van der Waals surface area contributed by atoms with Crippen LogP contribution in [0.25, 0.3) is 0 Å². The summed E-state index contributed by atoms with van der Waals surface area (Å²) >= 11 is 0. The first kappa shape index (κ1) is 28.7. The second kappa shape index (κ2) is 13.4. The Labute approximate surface area is 215 Å². The molecule has 9 heteroatoms. The molecule has 1 aromatic carbocycles. The van der Waals surface area contributed by atoms with Gasteiger partial charge in [-0.2, -0.15) is 5.10 Å². The second-order valence-corrected chi connectivity index (χ2v) is 9.01. The van der Waals surface area contributed by atoms with Gasteiger partial charge in [-0.25, -0.2) is 4.79 Å². The van der Waals surface area contributed by atoms with Gasteiger partial charge in [0.2, 0.25) is 0 Å². The number of carbonyl (C=O) groups is 1. The molecule has 0 atom stereocenters. The van der Waals surface area contributed by atoms with E-state index >= 15 is 0 Å². The molecule has 0 fully saturated rings. The van der Waals surface area contributed by atoms with Crippen molar-refractivity contribution in [1.29, 1.82) is 0 Å². The molecule has 0 radical (unpaired) electrons. The van der Waals surface area contributed by atoms with Gasteiger partial charge in [0, 0.05) is 46.0 Å². The number of amides is 1. The van der Waals surface area contributed by atoms with Crippen LogP contribution in [0.3, 0.4) is 0 Å². The van der Waals surface area contributed by atoms with Crippen LogP contribution in [0.5, 0.6) is 0 Å². The fourth-order valence-corrected chi connectivity index (χ4v) is 3.18.